The third kappa shape index (κ3) is 6.20. The number of halogens is 1. The van der Waals surface area contributed by atoms with E-state index in [1.165, 1.54) is 34.5 Å². The van der Waals surface area contributed by atoms with Crippen LogP contribution in [0.4, 0.5) is 15.8 Å². The molecule has 1 aliphatic heterocycles. The Bertz CT molecular complexity index is 1430. The highest BCUT2D eigenvalue weighted by Crippen LogP contribution is 2.37. The zero-order chi connectivity index (χ0) is 26.6. The average molecular weight is 544 g/mol. The average Bonchev–Trinajstić information content (AvgIpc) is 3.24. The molecule has 0 spiro atoms. The first-order valence-electron chi connectivity index (χ1n) is 12.6. The van der Waals surface area contributed by atoms with E-state index >= 15 is 0 Å². The van der Waals surface area contributed by atoms with Crippen LogP contribution in [0.2, 0.25) is 0 Å². The number of thiophene rings is 1. The number of nitrogens with zero attached hydrogens (tertiary/aromatic N) is 1. The van der Waals surface area contributed by atoms with Crippen molar-refractivity contribution in [1.82, 2.24) is 4.90 Å². The van der Waals surface area contributed by atoms with Gasteiger partial charge >= 0.3 is 0 Å². The Morgan fingerprint density at radius 1 is 1.19 bits per heavy atom. The topological polar surface area (TPSA) is 70.7 Å². The SMILES string of the molecule is CCc1c(C#CCNc2cc(F)c(S(C)(=O)=O)cc2OC)sc2c(NC3CCN(CC)CC3)cccc12. The highest BCUT2D eigenvalue weighted by Gasteiger charge is 2.20. The number of likely N-dealkylation sites (tertiary alicyclic amines) is 1. The minimum Gasteiger partial charge on any atom is -0.495 e. The lowest BCUT2D eigenvalue weighted by atomic mass is 10.0. The van der Waals surface area contributed by atoms with Crippen LogP contribution in [0.25, 0.3) is 10.1 Å². The molecule has 3 aromatic rings. The predicted molar refractivity (Wildman–Crippen MR) is 151 cm³/mol. The van der Waals surface area contributed by atoms with Crippen LogP contribution in [-0.4, -0.2) is 58.9 Å². The van der Waals surface area contributed by atoms with Crippen molar-refractivity contribution >= 4 is 42.6 Å². The molecule has 1 aromatic heterocycles. The molecule has 198 valence electrons. The summed E-state index contributed by atoms with van der Waals surface area (Å²) in [6, 6.07) is 9.24. The molecule has 1 saturated heterocycles. The molecule has 2 N–H and O–H groups in total. The summed E-state index contributed by atoms with van der Waals surface area (Å²) in [6.07, 6.45) is 4.13. The molecule has 0 aliphatic carbocycles. The molecule has 0 bridgehead atoms. The van der Waals surface area contributed by atoms with Crippen LogP contribution >= 0.6 is 11.3 Å². The Morgan fingerprint density at radius 3 is 2.59 bits per heavy atom. The molecule has 1 fully saturated rings. The second-order valence-electron chi connectivity index (χ2n) is 9.21. The van der Waals surface area contributed by atoms with E-state index in [2.05, 4.69) is 59.4 Å². The maximum Gasteiger partial charge on any atom is 0.178 e. The predicted octanol–water partition coefficient (Wildman–Crippen LogP) is 5.37. The van der Waals surface area contributed by atoms with Crippen molar-refractivity contribution in [2.24, 2.45) is 0 Å². The number of hydrogen-bond acceptors (Lipinski definition) is 7. The minimum atomic E-state index is -3.70. The van der Waals surface area contributed by atoms with Crippen LogP contribution in [0, 0.1) is 17.7 Å². The van der Waals surface area contributed by atoms with E-state index in [0.29, 0.717) is 11.7 Å². The molecule has 0 saturated carbocycles. The zero-order valence-corrected chi connectivity index (χ0v) is 23.4. The van der Waals surface area contributed by atoms with Crippen LogP contribution < -0.4 is 15.4 Å². The molecule has 4 rings (SSSR count). The molecular weight excluding hydrogens is 509 g/mol. The maximum atomic E-state index is 14.4. The van der Waals surface area contributed by atoms with Crippen LogP contribution in [0.1, 0.15) is 37.1 Å². The van der Waals surface area contributed by atoms with E-state index in [0.717, 1.165) is 56.1 Å². The zero-order valence-electron chi connectivity index (χ0n) is 21.8. The number of aryl methyl sites for hydroxylation is 1. The van der Waals surface area contributed by atoms with Crippen molar-refractivity contribution in [2.75, 3.05) is 50.2 Å². The van der Waals surface area contributed by atoms with Gasteiger partial charge in [0.1, 0.15) is 16.5 Å². The normalized spacial score (nSPS) is 14.8. The second-order valence-corrected chi connectivity index (χ2v) is 12.2. The van der Waals surface area contributed by atoms with Crippen molar-refractivity contribution < 1.29 is 17.5 Å². The number of fused-ring (bicyclic) bond motifs is 1. The lowest BCUT2D eigenvalue weighted by Crippen LogP contribution is -2.38. The number of piperidine rings is 1. The van der Waals surface area contributed by atoms with Gasteiger partial charge in [-0.2, -0.15) is 0 Å². The van der Waals surface area contributed by atoms with Crippen molar-refractivity contribution in [3.8, 4) is 17.6 Å². The first kappa shape index (κ1) is 27.2. The summed E-state index contributed by atoms with van der Waals surface area (Å²) in [5.41, 5.74) is 2.76. The molecule has 0 atom stereocenters. The Labute approximate surface area is 223 Å². The van der Waals surface area contributed by atoms with Crippen molar-refractivity contribution in [1.29, 1.82) is 0 Å². The summed E-state index contributed by atoms with van der Waals surface area (Å²) in [4.78, 5) is 3.13. The van der Waals surface area contributed by atoms with E-state index < -0.39 is 15.7 Å². The number of hydrogen-bond donors (Lipinski definition) is 2. The fraction of sp³-hybridized carbons (Fsp3) is 0.429. The number of methoxy groups -OCH3 is 1. The number of rotatable bonds is 8. The molecule has 0 unspecified atom stereocenters. The third-order valence-corrected chi connectivity index (χ3v) is 9.10. The van der Waals surface area contributed by atoms with Gasteiger partial charge in [-0.25, -0.2) is 12.8 Å². The smallest absolute Gasteiger partial charge is 0.178 e. The van der Waals surface area contributed by atoms with Gasteiger partial charge in [0.05, 0.1) is 34.6 Å². The first-order chi connectivity index (χ1) is 17.7. The van der Waals surface area contributed by atoms with E-state index in [1.54, 1.807) is 11.3 Å². The van der Waals surface area contributed by atoms with Gasteiger partial charge in [-0.05, 0) is 42.8 Å². The lowest BCUT2D eigenvalue weighted by Gasteiger charge is -2.32. The summed E-state index contributed by atoms with van der Waals surface area (Å²) in [5.74, 6) is 5.87. The van der Waals surface area contributed by atoms with E-state index in [1.807, 2.05) is 0 Å². The van der Waals surface area contributed by atoms with Gasteiger partial charge in [0, 0.05) is 37.5 Å². The van der Waals surface area contributed by atoms with Crippen LogP contribution in [0.15, 0.2) is 35.2 Å². The minimum absolute atomic E-state index is 0.250. The number of benzene rings is 2. The van der Waals surface area contributed by atoms with Gasteiger partial charge in [0.2, 0.25) is 0 Å². The molecule has 37 heavy (non-hydrogen) atoms. The Kier molecular flexibility index (Phi) is 8.63. The van der Waals surface area contributed by atoms with Crippen LogP contribution in [0.5, 0.6) is 5.75 Å². The van der Waals surface area contributed by atoms with Crippen molar-refractivity contribution in [3.63, 3.8) is 0 Å². The quantitative estimate of drug-likeness (QED) is 0.372. The van der Waals surface area contributed by atoms with Gasteiger partial charge in [-0.3, -0.25) is 0 Å². The van der Waals surface area contributed by atoms with Crippen molar-refractivity contribution in [3.05, 3.63) is 46.6 Å². The standard InChI is InChI=1S/C28H34FN3O3S2/c1-5-20-21-9-7-10-23(31-19-12-15-32(6-2)16-13-19)28(21)36-26(20)11-8-14-30-24-17-22(29)27(37(4,33)34)18-25(24)35-3/h7,9-10,17-19,30-31H,5-6,12-16H2,1-4H3. The summed E-state index contributed by atoms with van der Waals surface area (Å²) >= 11 is 1.70. The highest BCUT2D eigenvalue weighted by molar-refractivity contribution is 7.90. The highest BCUT2D eigenvalue weighted by atomic mass is 32.2. The fourth-order valence-electron chi connectivity index (χ4n) is 4.74. The van der Waals surface area contributed by atoms with Gasteiger partial charge in [0.25, 0.3) is 0 Å². The number of anilines is 2. The molecule has 0 amide bonds. The first-order valence-corrected chi connectivity index (χ1v) is 15.3. The summed E-state index contributed by atoms with van der Waals surface area (Å²) in [6.45, 7) is 7.98. The summed E-state index contributed by atoms with van der Waals surface area (Å²) in [5, 5.41) is 8.08. The van der Waals surface area contributed by atoms with Gasteiger partial charge < -0.3 is 20.3 Å². The fourth-order valence-corrected chi connectivity index (χ4v) is 6.72. The summed E-state index contributed by atoms with van der Waals surface area (Å²) in [7, 11) is -2.28. The van der Waals surface area contributed by atoms with Crippen molar-refractivity contribution in [2.45, 2.75) is 44.0 Å². The van der Waals surface area contributed by atoms with E-state index in [9.17, 15) is 12.8 Å². The molecule has 2 aromatic carbocycles. The summed E-state index contributed by atoms with van der Waals surface area (Å²) < 4.78 is 44.5. The molecule has 9 heteroatoms. The van der Waals surface area contributed by atoms with E-state index in [4.69, 9.17) is 4.74 Å². The molecule has 0 radical (unpaired) electrons. The maximum absolute atomic E-state index is 14.4. The molecular formula is C28H34FN3O3S2. The van der Waals surface area contributed by atoms with Crippen LogP contribution in [-0.2, 0) is 16.3 Å². The Morgan fingerprint density at radius 2 is 1.95 bits per heavy atom. The molecule has 2 heterocycles. The molecule has 6 nitrogen and oxygen atoms in total. The largest absolute Gasteiger partial charge is 0.495 e. The Balaban J connectivity index is 1.52. The van der Waals surface area contributed by atoms with Gasteiger partial charge in [-0.1, -0.05) is 37.8 Å². The molecule has 1 aliphatic rings. The van der Waals surface area contributed by atoms with Gasteiger partial charge in [-0.15, -0.1) is 11.3 Å². The van der Waals surface area contributed by atoms with Crippen LogP contribution in [0.3, 0.4) is 0 Å². The third-order valence-electron chi connectivity index (χ3n) is 6.79. The van der Waals surface area contributed by atoms with E-state index in [-0.39, 0.29) is 17.2 Å². The monoisotopic (exact) mass is 543 g/mol. The second kappa shape index (κ2) is 11.7. The Hall–Kier alpha value is -2.80. The number of nitrogens with one attached hydrogen (secondary N) is 2. The lowest BCUT2D eigenvalue weighted by molar-refractivity contribution is 0.229. The number of ether oxygens (including phenoxy) is 1. The number of sulfone groups is 1. The van der Waals surface area contributed by atoms with Gasteiger partial charge in [0.15, 0.2) is 9.84 Å².